The first-order valence-electron chi connectivity index (χ1n) is 40.8. The first kappa shape index (κ1) is 87.3. The zero-order valence-corrected chi connectivity index (χ0v) is 67.2. The lowest BCUT2D eigenvalue weighted by atomic mass is 9.83. The second-order valence-electron chi connectivity index (χ2n) is 31.9. The highest BCUT2D eigenvalue weighted by Crippen LogP contribution is 2.40. The van der Waals surface area contributed by atoms with Gasteiger partial charge in [-0.25, -0.2) is 18.0 Å². The smallest absolute Gasteiger partial charge is 0.410 e. The topological polar surface area (TPSA) is 278 Å². The van der Waals surface area contributed by atoms with Crippen molar-refractivity contribution in [1.29, 1.82) is 0 Å². The number of nitrogens with zero attached hydrogens (tertiary/aromatic N) is 7. The summed E-state index contributed by atoms with van der Waals surface area (Å²) in [7, 11) is 1.53. The Morgan fingerprint density at radius 2 is 0.796 bits per heavy atom. The van der Waals surface area contributed by atoms with Crippen molar-refractivity contribution in [1.82, 2.24) is 45.2 Å². The van der Waals surface area contributed by atoms with E-state index in [1.54, 1.807) is 108 Å². The molecule has 9 atom stereocenters. The molecule has 6 heterocycles. The summed E-state index contributed by atoms with van der Waals surface area (Å²) in [5.41, 5.74) is 7.98. The zero-order valence-electron chi connectivity index (χ0n) is 67.2. The van der Waals surface area contributed by atoms with Gasteiger partial charge in [-0.05, 0) is 226 Å². The molecule has 3 aromatic carbocycles. The number of likely N-dealkylation sites (tertiary alicyclic amines) is 3. The van der Waals surface area contributed by atoms with Crippen LogP contribution < -0.4 is 30.6 Å². The number of ether oxygens (including phenoxy) is 4. The molecular formula is C88H117F3N10O12. The highest BCUT2D eigenvalue weighted by molar-refractivity contribution is 5.92. The van der Waals surface area contributed by atoms with Crippen LogP contribution in [0.2, 0.25) is 0 Å². The predicted molar refractivity (Wildman–Crippen MR) is 425 cm³/mol. The normalized spacial score (nSPS) is 19.7. The van der Waals surface area contributed by atoms with Gasteiger partial charge in [0.1, 0.15) is 75.7 Å². The number of likely N-dealkylation sites (N-methyl/N-ethyl adjacent to an activating group) is 1. The van der Waals surface area contributed by atoms with Gasteiger partial charge >= 0.3 is 12.1 Å². The van der Waals surface area contributed by atoms with Gasteiger partial charge in [-0.3, -0.25) is 48.6 Å². The van der Waals surface area contributed by atoms with Crippen molar-refractivity contribution < 1.29 is 70.8 Å². The molecule has 6 aliphatic rings. The quantitative estimate of drug-likeness (QED) is 0.0464. The number of hydrogen-bond acceptors (Lipinski definition) is 15. The van der Waals surface area contributed by atoms with E-state index >= 15 is 0 Å². The largest absolute Gasteiger partial charge is 0.481 e. The summed E-state index contributed by atoms with van der Waals surface area (Å²) >= 11 is 0. The van der Waals surface area contributed by atoms with Crippen LogP contribution in [-0.2, 0) is 33.5 Å². The molecule has 113 heavy (non-hydrogen) atoms. The van der Waals surface area contributed by atoms with Gasteiger partial charge in [0.05, 0.1) is 47.2 Å². The van der Waals surface area contributed by atoms with Gasteiger partial charge in [-0.15, -0.1) is 0 Å². The van der Waals surface area contributed by atoms with E-state index in [-0.39, 0.29) is 82.9 Å². The summed E-state index contributed by atoms with van der Waals surface area (Å²) in [5.74, 6) is 1.34. The van der Waals surface area contributed by atoms with E-state index in [0.717, 1.165) is 133 Å². The van der Waals surface area contributed by atoms with Crippen molar-refractivity contribution in [3.05, 3.63) is 162 Å². The standard InChI is InChI=1S/C32H43FN4O5.C28H36FN3O3.C23H28FN3O2.C5H10O2/c1-21(36(5)31(40)42-32(2,3)4)29(38)35-28(22-10-7-6-8-11-22)30(39)37-19-9-12-27(37)26-20-25(17-18-34-26)41-24-15-13-23(33)14-16-24;1-3-19(2)27(33)31-26(20-8-5-4-6-9-20)28(34)32-17-7-10-25(32)24-18-23(15-16-30-24)35-22-13-11-21(29)12-14-22;24-17-8-10-18(11-9-17)29-19-12-13-26-20(15-19)21-7-4-14-27(21)23(28)22(25)16-5-2-1-3-6-16;1-3-4(2)5(6)7/h13-18,20-22,27-28H,6-12,19H2,1-5H3,(H,35,38);11-16,18-20,25-26H,3-10,17H2,1-2H3,(H,31,33);8-13,15-16,21-22H,1-7,14,25H2;4H,3H2,1-2H3,(H,6,7)/t21-,27-,28-;19-,25+,26+;21-,22-;4-/m0101/s1. The number of carboxylic acids is 1. The highest BCUT2D eigenvalue weighted by Gasteiger charge is 2.43. The lowest BCUT2D eigenvalue weighted by Gasteiger charge is -2.36. The van der Waals surface area contributed by atoms with E-state index in [1.165, 1.54) is 74.0 Å². The molecule has 3 saturated heterocycles. The maximum absolute atomic E-state index is 14.2. The van der Waals surface area contributed by atoms with Crippen LogP contribution in [0.15, 0.2) is 128 Å². The van der Waals surface area contributed by atoms with Crippen LogP contribution in [0.3, 0.4) is 0 Å². The second kappa shape index (κ2) is 42.5. The number of amides is 6. The SMILES string of the molecule is CC[C@@H](C)C(=O)N[C@H](C(=O)N1CCC[C@H]1c1cc(Oc2ccc(F)cc2)ccn1)C1CCCCC1.CC[C@@H](C)C(=O)O.C[C@@H](C(=O)N[C@H](C(=O)N1CCC[C@H]1c1cc(Oc2ccc(F)cc2)ccn1)C1CCCCC1)N(C)C(=O)OC(C)(C)C.N[C@H](C(=O)N1CCC[C@H]1c1cc(Oc2ccc(F)cc2)ccn1)C1CCCCC1. The molecule has 6 aromatic rings. The minimum Gasteiger partial charge on any atom is -0.481 e. The Balaban J connectivity index is 0.000000189. The van der Waals surface area contributed by atoms with Crippen LogP contribution in [0.5, 0.6) is 34.5 Å². The van der Waals surface area contributed by atoms with Crippen LogP contribution >= 0.6 is 0 Å². The molecule has 0 spiro atoms. The third kappa shape index (κ3) is 25.4. The van der Waals surface area contributed by atoms with Crippen molar-refractivity contribution in [3.8, 4) is 34.5 Å². The Hall–Kier alpha value is -9.65. The number of nitrogens with one attached hydrogen (secondary N) is 2. The van der Waals surface area contributed by atoms with Crippen LogP contribution in [0.1, 0.15) is 238 Å². The predicted octanol–water partition coefficient (Wildman–Crippen LogP) is 17.5. The van der Waals surface area contributed by atoms with Crippen molar-refractivity contribution in [2.75, 3.05) is 26.7 Å². The van der Waals surface area contributed by atoms with Gasteiger partial charge in [-0.1, -0.05) is 85.5 Å². The monoisotopic (exact) mass is 1560 g/mol. The summed E-state index contributed by atoms with van der Waals surface area (Å²) in [6.45, 7) is 16.3. The van der Waals surface area contributed by atoms with Gasteiger partial charge < -0.3 is 55.1 Å². The Morgan fingerprint density at radius 3 is 1.12 bits per heavy atom. The maximum atomic E-state index is 14.2. The number of hydrogen-bond donors (Lipinski definition) is 4. The molecule has 6 amide bonds. The number of pyridine rings is 3. The Labute approximate surface area is 664 Å². The number of carboxylic acid groups (broad SMARTS) is 1. The van der Waals surface area contributed by atoms with E-state index in [4.69, 9.17) is 29.8 Å². The molecule has 612 valence electrons. The average molecular weight is 1560 g/mol. The Bertz CT molecular complexity index is 4060. The van der Waals surface area contributed by atoms with Gasteiger partial charge in [-0.2, -0.15) is 0 Å². The van der Waals surface area contributed by atoms with E-state index in [1.807, 2.05) is 53.7 Å². The van der Waals surface area contributed by atoms with Gasteiger partial charge in [0.2, 0.25) is 29.5 Å². The summed E-state index contributed by atoms with van der Waals surface area (Å²) in [6.07, 6.45) is 26.8. The van der Waals surface area contributed by atoms with E-state index in [0.29, 0.717) is 65.7 Å². The molecule has 3 aromatic heterocycles. The van der Waals surface area contributed by atoms with Crippen LogP contribution in [0.4, 0.5) is 18.0 Å². The molecule has 3 aliphatic heterocycles. The summed E-state index contributed by atoms with van der Waals surface area (Å²) in [4.78, 5) is 111. The fraction of sp³-hybridized carbons (Fsp3) is 0.545. The molecule has 0 radical (unpaired) electrons. The molecule has 25 heteroatoms. The molecule has 0 unspecified atom stereocenters. The van der Waals surface area contributed by atoms with Gasteiger partial charge in [0, 0.05) is 69.4 Å². The first-order valence-corrected chi connectivity index (χ1v) is 40.8. The Morgan fingerprint density at radius 1 is 0.469 bits per heavy atom. The number of aromatic nitrogens is 3. The fourth-order valence-corrected chi connectivity index (χ4v) is 15.5. The van der Waals surface area contributed by atoms with Crippen molar-refractivity contribution in [3.63, 3.8) is 0 Å². The lowest BCUT2D eigenvalue weighted by Crippen LogP contribution is -2.56. The summed E-state index contributed by atoms with van der Waals surface area (Å²) < 4.78 is 62.7. The third-order valence-electron chi connectivity index (χ3n) is 22.6. The van der Waals surface area contributed by atoms with Gasteiger partial charge in [0.15, 0.2) is 0 Å². The summed E-state index contributed by atoms with van der Waals surface area (Å²) in [5, 5.41) is 14.3. The lowest BCUT2D eigenvalue weighted by molar-refractivity contribution is -0.141. The number of halogens is 3. The number of rotatable bonds is 23. The molecular weight excluding hydrogens is 1450 g/mol. The van der Waals surface area contributed by atoms with E-state index < -0.39 is 47.7 Å². The van der Waals surface area contributed by atoms with Crippen LogP contribution in [0.25, 0.3) is 0 Å². The van der Waals surface area contributed by atoms with Crippen molar-refractivity contribution in [2.45, 2.75) is 251 Å². The van der Waals surface area contributed by atoms with E-state index in [9.17, 15) is 46.7 Å². The van der Waals surface area contributed by atoms with Crippen LogP contribution in [-0.4, -0.2) is 138 Å². The molecule has 0 bridgehead atoms. The molecule has 5 N–H and O–H groups in total. The number of benzene rings is 3. The first-order chi connectivity index (χ1) is 54.2. The second-order valence-corrected chi connectivity index (χ2v) is 31.9. The number of nitrogens with two attached hydrogens (primary N) is 1. The minimum atomic E-state index is -0.824. The Kier molecular flexibility index (Phi) is 32.8. The average Bonchev–Trinajstić information content (AvgIpc) is 1.71. The third-order valence-corrected chi connectivity index (χ3v) is 22.6. The van der Waals surface area contributed by atoms with Crippen molar-refractivity contribution in [2.24, 2.45) is 35.3 Å². The molecule has 3 aliphatic carbocycles. The van der Waals surface area contributed by atoms with Crippen molar-refractivity contribution >= 4 is 41.6 Å². The fourth-order valence-electron chi connectivity index (χ4n) is 15.5. The molecule has 6 fully saturated rings. The molecule has 3 saturated carbocycles. The number of carbonyl (C=O) groups is 7. The van der Waals surface area contributed by atoms with Crippen LogP contribution in [0, 0.1) is 47.0 Å². The van der Waals surface area contributed by atoms with E-state index in [2.05, 4.69) is 25.6 Å². The molecule has 22 nitrogen and oxygen atoms in total. The molecule has 12 rings (SSSR count). The zero-order chi connectivity index (χ0) is 81.3. The number of aliphatic carboxylic acids is 1. The number of carbonyl (C=O) groups excluding carboxylic acids is 6. The summed E-state index contributed by atoms with van der Waals surface area (Å²) in [6, 6.07) is 25.4. The minimum absolute atomic E-state index is 0.00251. The van der Waals surface area contributed by atoms with Gasteiger partial charge in [0.25, 0.3) is 0 Å². The highest BCUT2D eigenvalue weighted by atomic mass is 19.1. The maximum Gasteiger partial charge on any atom is 0.410 e.